The first kappa shape index (κ1) is 18.2. The van der Waals surface area contributed by atoms with Gasteiger partial charge in [0.2, 0.25) is 5.91 Å². The minimum atomic E-state index is 0.0789. The van der Waals surface area contributed by atoms with Crippen molar-refractivity contribution in [3.63, 3.8) is 0 Å². The maximum atomic E-state index is 12.7. The molecule has 0 saturated carbocycles. The van der Waals surface area contributed by atoms with Gasteiger partial charge in [0.05, 0.1) is 0 Å². The Morgan fingerprint density at radius 2 is 2.07 bits per heavy atom. The largest absolute Gasteiger partial charge is 0.338 e. The summed E-state index contributed by atoms with van der Waals surface area (Å²) in [6.07, 6.45) is 5.81. The molecule has 2 bridgehead atoms. The number of aromatic nitrogens is 1. The van der Waals surface area contributed by atoms with Gasteiger partial charge in [0.15, 0.2) is 0 Å². The van der Waals surface area contributed by atoms with Crippen molar-refractivity contribution in [2.24, 2.45) is 11.8 Å². The van der Waals surface area contributed by atoms with E-state index < -0.39 is 0 Å². The molecular weight excluding hydrogens is 356 g/mol. The molecule has 2 aromatic heterocycles. The number of carbonyl (C=O) groups excluding carboxylic acids is 1. The van der Waals surface area contributed by atoms with E-state index in [9.17, 15) is 9.59 Å². The van der Waals surface area contributed by atoms with Crippen molar-refractivity contribution in [3.8, 4) is 0 Å². The van der Waals surface area contributed by atoms with Crippen molar-refractivity contribution in [1.29, 1.82) is 0 Å². The van der Waals surface area contributed by atoms with Gasteiger partial charge in [-0.1, -0.05) is 19.9 Å². The zero-order valence-corrected chi connectivity index (χ0v) is 16.7. The number of carbonyl (C=O) groups is 1. The van der Waals surface area contributed by atoms with Crippen molar-refractivity contribution in [2.45, 2.75) is 39.2 Å². The predicted molar refractivity (Wildman–Crippen MR) is 110 cm³/mol. The average Bonchev–Trinajstić information content (AvgIpc) is 3.07. The molecule has 0 N–H and O–H groups in total. The summed E-state index contributed by atoms with van der Waals surface area (Å²) in [6.45, 7) is 6.61. The zero-order chi connectivity index (χ0) is 19.0. The lowest BCUT2D eigenvalue weighted by Crippen LogP contribution is -2.48. The van der Waals surface area contributed by atoms with E-state index in [2.05, 4.69) is 26.0 Å². The molecule has 2 unspecified atom stereocenters. The van der Waals surface area contributed by atoms with Gasteiger partial charge in [-0.15, -0.1) is 11.3 Å². The highest BCUT2D eigenvalue weighted by Gasteiger charge is 2.35. The Morgan fingerprint density at radius 3 is 2.89 bits per heavy atom. The first-order chi connectivity index (χ1) is 13.0. The Bertz CT molecular complexity index is 924. The van der Waals surface area contributed by atoms with E-state index in [0.717, 1.165) is 36.5 Å². The molecule has 27 heavy (non-hydrogen) atoms. The van der Waals surface area contributed by atoms with Gasteiger partial charge < -0.3 is 9.47 Å². The van der Waals surface area contributed by atoms with E-state index in [0.29, 0.717) is 18.4 Å². The second-order valence-electron chi connectivity index (χ2n) is 8.18. The lowest BCUT2D eigenvalue weighted by Gasteiger charge is -2.42. The number of rotatable bonds is 4. The van der Waals surface area contributed by atoms with Crippen LogP contribution in [0.2, 0.25) is 0 Å². The molecule has 0 spiro atoms. The van der Waals surface area contributed by atoms with Crippen LogP contribution in [0.1, 0.15) is 41.6 Å². The number of pyridine rings is 1. The van der Waals surface area contributed by atoms with Crippen LogP contribution in [0, 0.1) is 11.8 Å². The van der Waals surface area contributed by atoms with Crippen LogP contribution in [0.15, 0.2) is 41.2 Å². The molecule has 1 saturated heterocycles. The summed E-state index contributed by atoms with van der Waals surface area (Å²) < 4.78 is 1.90. The second-order valence-corrected chi connectivity index (χ2v) is 9.38. The summed E-state index contributed by atoms with van der Waals surface area (Å²) in [7, 11) is 0. The Kier molecular flexibility index (Phi) is 5.04. The number of piperidine rings is 1. The van der Waals surface area contributed by atoms with Crippen LogP contribution >= 0.6 is 11.3 Å². The number of hydrogen-bond acceptors (Lipinski definition) is 3. The van der Waals surface area contributed by atoms with Gasteiger partial charge in [-0.05, 0) is 49.0 Å². The van der Waals surface area contributed by atoms with E-state index in [1.54, 1.807) is 23.5 Å². The third-order valence-corrected chi connectivity index (χ3v) is 6.55. The highest BCUT2D eigenvalue weighted by Crippen LogP contribution is 2.35. The number of hydrogen-bond donors (Lipinski definition) is 0. The highest BCUT2D eigenvalue weighted by molar-refractivity contribution is 7.12. The summed E-state index contributed by atoms with van der Waals surface area (Å²) in [5, 5.41) is 0. The Labute approximate surface area is 164 Å². The van der Waals surface area contributed by atoms with Crippen LogP contribution in [0.25, 0.3) is 6.08 Å². The summed E-state index contributed by atoms with van der Waals surface area (Å²) in [4.78, 5) is 29.3. The molecule has 4 rings (SSSR count). The molecule has 4 heterocycles. The summed E-state index contributed by atoms with van der Waals surface area (Å²) in [5.41, 5.74) is 1.16. The zero-order valence-electron chi connectivity index (χ0n) is 15.9. The minimum Gasteiger partial charge on any atom is -0.338 e. The van der Waals surface area contributed by atoms with Crippen molar-refractivity contribution in [1.82, 2.24) is 9.47 Å². The van der Waals surface area contributed by atoms with Gasteiger partial charge in [-0.2, -0.15) is 0 Å². The molecule has 0 aliphatic carbocycles. The van der Waals surface area contributed by atoms with Crippen LogP contribution in [-0.2, 0) is 17.8 Å². The van der Waals surface area contributed by atoms with Gasteiger partial charge in [0.1, 0.15) is 0 Å². The fourth-order valence-electron chi connectivity index (χ4n) is 4.33. The Morgan fingerprint density at radius 1 is 1.22 bits per heavy atom. The van der Waals surface area contributed by atoms with Crippen LogP contribution in [0.5, 0.6) is 0 Å². The highest BCUT2D eigenvalue weighted by atomic mass is 32.1. The summed E-state index contributed by atoms with van der Waals surface area (Å²) in [6, 6.07) is 9.76. The number of amides is 1. The first-order valence-corrected chi connectivity index (χ1v) is 10.6. The van der Waals surface area contributed by atoms with E-state index in [-0.39, 0.29) is 17.4 Å². The molecule has 2 atom stereocenters. The first-order valence-electron chi connectivity index (χ1n) is 9.75. The fraction of sp³-hybridized carbons (Fsp3) is 0.455. The van der Waals surface area contributed by atoms with Crippen molar-refractivity contribution in [3.05, 3.63) is 62.2 Å². The van der Waals surface area contributed by atoms with Crippen LogP contribution in [-0.4, -0.2) is 28.5 Å². The van der Waals surface area contributed by atoms with Gasteiger partial charge in [0.25, 0.3) is 5.56 Å². The number of likely N-dealkylation sites (tertiary alicyclic amines) is 1. The second kappa shape index (κ2) is 7.47. The molecule has 0 radical (unpaired) electrons. The van der Waals surface area contributed by atoms with Gasteiger partial charge in [-0.25, -0.2) is 0 Å². The average molecular weight is 383 g/mol. The van der Waals surface area contributed by atoms with Gasteiger partial charge in [-0.3, -0.25) is 9.59 Å². The van der Waals surface area contributed by atoms with E-state index in [1.807, 2.05) is 27.7 Å². The maximum absolute atomic E-state index is 12.7. The maximum Gasteiger partial charge on any atom is 0.250 e. The number of thiophene rings is 1. The summed E-state index contributed by atoms with van der Waals surface area (Å²) in [5.74, 6) is 1.36. The van der Waals surface area contributed by atoms with Crippen LogP contribution < -0.4 is 5.56 Å². The summed E-state index contributed by atoms with van der Waals surface area (Å²) >= 11 is 1.76. The molecule has 4 nitrogen and oxygen atoms in total. The third-order valence-electron chi connectivity index (χ3n) is 5.47. The smallest absolute Gasteiger partial charge is 0.250 e. The normalized spacial score (nSPS) is 21.7. The topological polar surface area (TPSA) is 42.3 Å². The Balaban J connectivity index is 1.45. The standard InChI is InChI=1S/C22H26N2O2S/c1-15(2)10-19-7-6-18(27-19)8-9-21(25)23-12-16-11-17(14-23)20-4-3-5-22(26)24(20)13-16/h3-9,15-17H,10-14H2,1-2H3. The molecule has 0 aromatic carbocycles. The third kappa shape index (κ3) is 3.93. The number of nitrogens with zero attached hydrogens (tertiary/aromatic N) is 2. The van der Waals surface area contributed by atoms with Crippen molar-refractivity contribution < 1.29 is 4.79 Å². The van der Waals surface area contributed by atoms with E-state index >= 15 is 0 Å². The van der Waals surface area contributed by atoms with Crippen LogP contribution in [0.4, 0.5) is 0 Å². The minimum absolute atomic E-state index is 0.0789. The van der Waals surface area contributed by atoms with Gasteiger partial charge in [0, 0.05) is 53.1 Å². The quantitative estimate of drug-likeness (QED) is 0.756. The number of fused-ring (bicyclic) bond motifs is 4. The molecule has 1 amide bonds. The molecule has 1 fully saturated rings. The van der Waals surface area contributed by atoms with Crippen molar-refractivity contribution in [2.75, 3.05) is 13.1 Å². The SMILES string of the molecule is CC(C)Cc1ccc(C=CC(=O)N2CC3CC(C2)c2cccc(=O)n2C3)s1. The predicted octanol–water partition coefficient (Wildman–Crippen LogP) is 3.77. The lowest BCUT2D eigenvalue weighted by atomic mass is 9.83. The fourth-order valence-corrected chi connectivity index (χ4v) is 5.46. The van der Waals surface area contributed by atoms with E-state index in [4.69, 9.17) is 0 Å². The molecule has 2 aromatic rings. The lowest BCUT2D eigenvalue weighted by molar-refractivity contribution is -0.128. The van der Waals surface area contributed by atoms with Gasteiger partial charge >= 0.3 is 0 Å². The monoisotopic (exact) mass is 382 g/mol. The molecular formula is C22H26N2O2S. The Hall–Kier alpha value is -2.14. The molecule has 2 aliphatic heterocycles. The van der Waals surface area contributed by atoms with Crippen molar-refractivity contribution >= 4 is 23.3 Å². The molecule has 2 aliphatic rings. The molecule has 142 valence electrons. The molecule has 5 heteroatoms. The van der Waals surface area contributed by atoms with Crippen LogP contribution in [0.3, 0.4) is 0 Å². The van der Waals surface area contributed by atoms with E-state index in [1.165, 1.54) is 4.88 Å².